The minimum Gasteiger partial charge on any atom is -0.359 e. The van der Waals surface area contributed by atoms with E-state index < -0.39 is 0 Å². The molecule has 7 heteroatoms. The van der Waals surface area contributed by atoms with E-state index in [9.17, 15) is 4.79 Å². The normalized spacial score (nSPS) is 20.0. The van der Waals surface area contributed by atoms with Gasteiger partial charge in [-0.3, -0.25) is 4.79 Å². The number of nitrogens with zero attached hydrogens (tertiary/aromatic N) is 2. The Labute approximate surface area is 174 Å². The first-order valence-corrected chi connectivity index (χ1v) is 10.00. The van der Waals surface area contributed by atoms with Crippen LogP contribution in [0.3, 0.4) is 0 Å². The molecule has 1 aliphatic rings. The lowest BCUT2D eigenvalue weighted by Gasteiger charge is -2.49. The Kier molecular flexibility index (Phi) is 6.53. The molecule has 1 heterocycles. The van der Waals surface area contributed by atoms with Gasteiger partial charge in [-0.15, -0.1) is 0 Å². The van der Waals surface area contributed by atoms with Crippen molar-refractivity contribution >= 4 is 46.4 Å². The Morgan fingerprint density at radius 3 is 2.33 bits per heavy atom. The van der Waals surface area contributed by atoms with Crippen LogP contribution < -0.4 is 10.6 Å². The second-order valence-corrected chi connectivity index (χ2v) is 7.92. The summed E-state index contributed by atoms with van der Waals surface area (Å²) in [5.41, 5.74) is 7.86. The molecule has 1 aliphatic heterocycles. The number of benzene rings is 2. The molecule has 2 aromatic carbocycles. The van der Waals surface area contributed by atoms with Crippen LogP contribution in [0.15, 0.2) is 42.5 Å². The van der Waals surface area contributed by atoms with Crippen LogP contribution in [0.5, 0.6) is 0 Å². The highest BCUT2D eigenvalue weighted by molar-refractivity contribution is 6.36. The zero-order valence-electron chi connectivity index (χ0n) is 15.0. The molecular weight excluding hydrogens is 405 g/mol. The van der Waals surface area contributed by atoms with Crippen molar-refractivity contribution in [3.05, 3.63) is 63.1 Å². The predicted octanol–water partition coefficient (Wildman–Crippen LogP) is 4.77. The molecule has 1 saturated heterocycles. The van der Waals surface area contributed by atoms with Crippen molar-refractivity contribution in [1.29, 1.82) is 0 Å². The fraction of sp³-hybridized carbons (Fsp3) is 0.350. The van der Waals surface area contributed by atoms with Crippen molar-refractivity contribution in [2.75, 3.05) is 24.5 Å². The number of hydrogen-bond acceptors (Lipinski definition) is 3. The topological polar surface area (TPSA) is 49.6 Å². The minimum atomic E-state index is -0.0813. The zero-order chi connectivity index (χ0) is 19.6. The summed E-state index contributed by atoms with van der Waals surface area (Å²) in [4.78, 5) is 16.4. The van der Waals surface area contributed by atoms with Crippen LogP contribution in [-0.4, -0.2) is 36.5 Å². The van der Waals surface area contributed by atoms with Crippen LogP contribution in [-0.2, 0) is 4.79 Å². The van der Waals surface area contributed by atoms with Crippen molar-refractivity contribution in [3.63, 3.8) is 0 Å². The van der Waals surface area contributed by atoms with Gasteiger partial charge in [0.15, 0.2) is 0 Å². The van der Waals surface area contributed by atoms with E-state index in [1.165, 1.54) is 0 Å². The van der Waals surface area contributed by atoms with Gasteiger partial charge in [-0.1, -0.05) is 46.9 Å². The highest BCUT2D eigenvalue weighted by Gasteiger charge is 2.39. The molecule has 0 bridgehead atoms. The summed E-state index contributed by atoms with van der Waals surface area (Å²) in [6.45, 7) is 3.37. The first kappa shape index (κ1) is 20.3. The fourth-order valence-corrected chi connectivity index (χ4v) is 4.46. The maximum Gasteiger partial charge on any atom is 0.219 e. The van der Waals surface area contributed by atoms with E-state index in [-0.39, 0.29) is 18.0 Å². The van der Waals surface area contributed by atoms with Crippen LogP contribution in [0, 0.1) is 0 Å². The third-order valence-corrected chi connectivity index (χ3v) is 5.77. The lowest BCUT2D eigenvalue weighted by atomic mass is 9.90. The number of nitrogens with two attached hydrogens (primary N) is 1. The van der Waals surface area contributed by atoms with Gasteiger partial charge in [0.2, 0.25) is 5.91 Å². The molecule has 27 heavy (non-hydrogen) atoms. The molecule has 4 nitrogen and oxygen atoms in total. The number of rotatable bonds is 4. The number of carbonyl (C=O) groups is 1. The standard InChI is InChI=1S/C20H22Cl3N3O/c1-13(27)25-10-11-26(18-7-6-16(22)12-17(18)23)20(19(25)8-9-24)14-2-4-15(21)5-3-14/h2-7,12,19-20H,8-11,24H2,1H3/t19?,20-/m0/s1. The van der Waals surface area contributed by atoms with Crippen LogP contribution >= 0.6 is 34.8 Å². The second kappa shape index (κ2) is 8.70. The maximum absolute atomic E-state index is 12.3. The molecule has 2 atom stereocenters. The summed E-state index contributed by atoms with van der Waals surface area (Å²) in [7, 11) is 0. The molecule has 0 aliphatic carbocycles. The van der Waals surface area contributed by atoms with Gasteiger partial charge < -0.3 is 15.5 Å². The first-order valence-electron chi connectivity index (χ1n) is 8.87. The average Bonchev–Trinajstić information content (AvgIpc) is 2.62. The summed E-state index contributed by atoms with van der Waals surface area (Å²) in [6.07, 6.45) is 0.689. The minimum absolute atomic E-state index is 0.0502. The number of carbonyl (C=O) groups excluding carboxylic acids is 1. The molecule has 3 rings (SSSR count). The van der Waals surface area contributed by atoms with Gasteiger partial charge in [0.1, 0.15) is 0 Å². The average molecular weight is 427 g/mol. The van der Waals surface area contributed by atoms with Crippen LogP contribution in [0.2, 0.25) is 15.1 Å². The summed E-state index contributed by atoms with van der Waals surface area (Å²) in [6, 6.07) is 13.1. The number of anilines is 1. The summed E-state index contributed by atoms with van der Waals surface area (Å²) >= 11 is 18.7. The largest absolute Gasteiger partial charge is 0.359 e. The van der Waals surface area contributed by atoms with Gasteiger partial charge in [-0.05, 0) is 48.9 Å². The van der Waals surface area contributed by atoms with Gasteiger partial charge in [-0.2, -0.15) is 0 Å². The molecule has 0 radical (unpaired) electrons. The van der Waals surface area contributed by atoms with Gasteiger partial charge in [0, 0.05) is 30.1 Å². The third kappa shape index (κ3) is 4.35. The van der Waals surface area contributed by atoms with Gasteiger partial charge in [-0.25, -0.2) is 0 Å². The Hall–Kier alpha value is -1.46. The predicted molar refractivity (Wildman–Crippen MR) is 113 cm³/mol. The van der Waals surface area contributed by atoms with E-state index >= 15 is 0 Å². The zero-order valence-corrected chi connectivity index (χ0v) is 17.3. The Balaban J connectivity index is 2.10. The summed E-state index contributed by atoms with van der Waals surface area (Å²) in [5, 5.41) is 1.85. The van der Waals surface area contributed by atoms with E-state index in [1.807, 2.05) is 41.3 Å². The van der Waals surface area contributed by atoms with Gasteiger partial charge in [0.25, 0.3) is 0 Å². The van der Waals surface area contributed by atoms with Gasteiger partial charge in [0.05, 0.1) is 22.8 Å². The van der Waals surface area contributed by atoms with Crippen LogP contribution in [0.4, 0.5) is 5.69 Å². The summed E-state index contributed by atoms with van der Waals surface area (Å²) in [5.74, 6) is 0.0502. The van der Waals surface area contributed by atoms with E-state index in [2.05, 4.69) is 4.90 Å². The Morgan fingerprint density at radius 2 is 1.74 bits per heavy atom. The highest BCUT2D eigenvalue weighted by Crippen LogP contribution is 2.40. The molecule has 1 unspecified atom stereocenters. The SMILES string of the molecule is CC(=O)N1CCN(c2ccc(Cl)cc2Cl)[C@@H](c2ccc(Cl)cc2)C1CCN. The second-order valence-electron chi connectivity index (χ2n) is 6.64. The van der Waals surface area contributed by atoms with E-state index in [0.29, 0.717) is 41.1 Å². The van der Waals surface area contributed by atoms with Crippen molar-refractivity contribution < 1.29 is 4.79 Å². The first-order chi connectivity index (χ1) is 12.9. The maximum atomic E-state index is 12.3. The van der Waals surface area contributed by atoms with Crippen molar-refractivity contribution in [2.45, 2.75) is 25.4 Å². The lowest BCUT2D eigenvalue weighted by molar-refractivity contribution is -0.132. The van der Waals surface area contributed by atoms with Gasteiger partial charge >= 0.3 is 0 Å². The molecule has 0 aromatic heterocycles. The highest BCUT2D eigenvalue weighted by atomic mass is 35.5. The number of halogens is 3. The van der Waals surface area contributed by atoms with E-state index in [1.54, 1.807) is 13.0 Å². The van der Waals surface area contributed by atoms with E-state index in [4.69, 9.17) is 40.5 Å². The number of hydrogen-bond donors (Lipinski definition) is 1. The van der Waals surface area contributed by atoms with Crippen LogP contribution in [0.25, 0.3) is 0 Å². The number of amides is 1. The molecule has 1 amide bonds. The van der Waals surface area contributed by atoms with Crippen molar-refractivity contribution in [3.8, 4) is 0 Å². The van der Waals surface area contributed by atoms with Crippen molar-refractivity contribution in [1.82, 2.24) is 4.90 Å². The quantitative estimate of drug-likeness (QED) is 0.766. The molecule has 1 fully saturated rings. The Bertz CT molecular complexity index is 813. The molecule has 144 valence electrons. The van der Waals surface area contributed by atoms with Crippen LogP contribution in [0.1, 0.15) is 24.9 Å². The van der Waals surface area contributed by atoms with Crippen molar-refractivity contribution in [2.24, 2.45) is 5.73 Å². The Morgan fingerprint density at radius 1 is 1.07 bits per heavy atom. The third-order valence-electron chi connectivity index (χ3n) is 4.98. The molecule has 2 aromatic rings. The smallest absolute Gasteiger partial charge is 0.219 e. The summed E-state index contributed by atoms with van der Waals surface area (Å²) < 4.78 is 0. The van der Waals surface area contributed by atoms with E-state index in [0.717, 1.165) is 11.3 Å². The molecule has 0 saturated carbocycles. The fourth-order valence-electron chi connectivity index (χ4n) is 3.82. The molecular formula is C20H22Cl3N3O. The lowest BCUT2D eigenvalue weighted by Crippen LogP contribution is -2.57. The monoisotopic (exact) mass is 425 g/mol. The number of piperazine rings is 1. The molecule has 2 N–H and O–H groups in total. The molecule has 0 spiro atoms.